The summed E-state index contributed by atoms with van der Waals surface area (Å²) >= 11 is 6.34. The second kappa shape index (κ2) is 5.80. The maximum Gasteiger partial charge on any atom is 0.122 e. The van der Waals surface area contributed by atoms with Crippen molar-refractivity contribution in [3.63, 3.8) is 0 Å². The molecular weight excluding hydrogens is 262 g/mol. The third kappa shape index (κ3) is 3.01. The summed E-state index contributed by atoms with van der Waals surface area (Å²) in [4.78, 5) is 2.29. The summed E-state index contributed by atoms with van der Waals surface area (Å²) in [5.41, 5.74) is 7.13. The first kappa shape index (κ1) is 14.2. The van der Waals surface area contributed by atoms with Gasteiger partial charge in [0, 0.05) is 12.1 Å². The van der Waals surface area contributed by atoms with E-state index in [0.29, 0.717) is 16.6 Å². The fourth-order valence-electron chi connectivity index (χ4n) is 2.38. The molecule has 1 aromatic rings. The molecule has 5 heteroatoms. The number of nitrogens with one attached hydrogen (secondary N) is 1. The van der Waals surface area contributed by atoms with E-state index < -0.39 is 0 Å². The first-order valence-electron chi connectivity index (χ1n) is 6.55. The molecule has 104 valence electrons. The van der Waals surface area contributed by atoms with E-state index in [2.05, 4.69) is 18.7 Å². The van der Waals surface area contributed by atoms with Crippen molar-refractivity contribution in [3.8, 4) is 0 Å². The molecule has 2 unspecified atom stereocenters. The number of morpholine rings is 1. The molecule has 1 aliphatic rings. The van der Waals surface area contributed by atoms with E-state index >= 15 is 0 Å². The number of anilines is 1. The molecule has 2 rings (SSSR count). The first-order valence-corrected chi connectivity index (χ1v) is 6.93. The van der Waals surface area contributed by atoms with Crippen molar-refractivity contribution in [2.24, 2.45) is 5.73 Å². The highest BCUT2D eigenvalue weighted by atomic mass is 35.5. The van der Waals surface area contributed by atoms with Gasteiger partial charge in [0.25, 0.3) is 0 Å². The van der Waals surface area contributed by atoms with Crippen molar-refractivity contribution in [1.82, 2.24) is 0 Å². The van der Waals surface area contributed by atoms with Crippen LogP contribution in [-0.4, -0.2) is 31.1 Å². The molecule has 0 amide bonds. The van der Waals surface area contributed by atoms with Crippen LogP contribution in [-0.2, 0) is 4.74 Å². The molecule has 0 radical (unpaired) electrons. The molecular formula is C14H20ClN3O. The number of ether oxygens (including phenoxy) is 1. The van der Waals surface area contributed by atoms with Crippen LogP contribution < -0.4 is 10.6 Å². The van der Waals surface area contributed by atoms with E-state index in [-0.39, 0.29) is 11.9 Å². The zero-order valence-corrected chi connectivity index (χ0v) is 12.1. The summed E-state index contributed by atoms with van der Waals surface area (Å²) in [6.07, 6.45) is 1.21. The molecule has 3 N–H and O–H groups in total. The standard InChI is InChI=1S/C14H20ClN3O/c1-3-11-8-19-9(2)7-18(11)13-5-4-10(14(16)17)6-12(13)15/h4-6,9,11H,3,7-8H2,1-2H3,(H3,16,17). The first-order chi connectivity index (χ1) is 9.02. The predicted molar refractivity (Wildman–Crippen MR) is 79.3 cm³/mol. The molecule has 0 aliphatic carbocycles. The highest BCUT2D eigenvalue weighted by Gasteiger charge is 2.27. The fourth-order valence-corrected chi connectivity index (χ4v) is 2.67. The molecule has 1 saturated heterocycles. The summed E-state index contributed by atoms with van der Waals surface area (Å²) in [6, 6.07) is 5.89. The van der Waals surface area contributed by atoms with Crippen LogP contribution in [0.25, 0.3) is 0 Å². The van der Waals surface area contributed by atoms with Crippen molar-refractivity contribution >= 4 is 23.1 Å². The quantitative estimate of drug-likeness (QED) is 0.661. The average Bonchev–Trinajstić information content (AvgIpc) is 2.38. The summed E-state index contributed by atoms with van der Waals surface area (Å²) in [5, 5.41) is 8.08. The van der Waals surface area contributed by atoms with E-state index in [1.165, 1.54) is 0 Å². The lowest BCUT2D eigenvalue weighted by Gasteiger charge is -2.40. The van der Waals surface area contributed by atoms with E-state index in [4.69, 9.17) is 27.5 Å². The van der Waals surface area contributed by atoms with Crippen molar-refractivity contribution < 1.29 is 4.74 Å². The van der Waals surface area contributed by atoms with Crippen LogP contribution in [0, 0.1) is 5.41 Å². The van der Waals surface area contributed by atoms with Gasteiger partial charge in [-0.3, -0.25) is 5.41 Å². The molecule has 1 aliphatic heterocycles. The van der Waals surface area contributed by atoms with Gasteiger partial charge in [-0.1, -0.05) is 18.5 Å². The maximum atomic E-state index is 7.44. The molecule has 1 aromatic carbocycles. The largest absolute Gasteiger partial charge is 0.384 e. The molecule has 4 nitrogen and oxygen atoms in total. The SMILES string of the molecule is CCC1COC(C)CN1c1ccc(C(=N)N)cc1Cl. The third-order valence-electron chi connectivity index (χ3n) is 3.51. The predicted octanol–water partition coefficient (Wildman–Crippen LogP) is 2.63. The highest BCUT2D eigenvalue weighted by Crippen LogP contribution is 2.31. The maximum absolute atomic E-state index is 7.44. The topological polar surface area (TPSA) is 62.3 Å². The van der Waals surface area contributed by atoms with Crippen LogP contribution in [0.5, 0.6) is 0 Å². The van der Waals surface area contributed by atoms with Crippen molar-refractivity contribution in [3.05, 3.63) is 28.8 Å². The Morgan fingerprint density at radius 3 is 2.89 bits per heavy atom. The fraction of sp³-hybridized carbons (Fsp3) is 0.500. The second-order valence-electron chi connectivity index (χ2n) is 4.94. The van der Waals surface area contributed by atoms with Gasteiger partial charge in [-0.15, -0.1) is 0 Å². The number of hydrogen-bond donors (Lipinski definition) is 2. The number of amidine groups is 1. The zero-order valence-electron chi connectivity index (χ0n) is 11.3. The van der Waals surface area contributed by atoms with Gasteiger partial charge in [0.2, 0.25) is 0 Å². The van der Waals surface area contributed by atoms with Crippen LogP contribution in [0.4, 0.5) is 5.69 Å². The monoisotopic (exact) mass is 281 g/mol. The second-order valence-corrected chi connectivity index (χ2v) is 5.35. The summed E-state index contributed by atoms with van der Waals surface area (Å²) in [6.45, 7) is 5.77. The van der Waals surface area contributed by atoms with Gasteiger partial charge in [0.05, 0.1) is 29.5 Å². The van der Waals surface area contributed by atoms with Crippen LogP contribution in [0.2, 0.25) is 5.02 Å². The van der Waals surface area contributed by atoms with E-state index in [1.807, 2.05) is 12.1 Å². The Morgan fingerprint density at radius 2 is 2.32 bits per heavy atom. The molecule has 2 atom stereocenters. The lowest BCUT2D eigenvalue weighted by molar-refractivity contribution is 0.0300. The van der Waals surface area contributed by atoms with Gasteiger partial charge in [0.1, 0.15) is 5.84 Å². The Kier molecular flexibility index (Phi) is 4.32. The Balaban J connectivity index is 2.31. The number of hydrogen-bond acceptors (Lipinski definition) is 3. The lowest BCUT2D eigenvalue weighted by atomic mass is 10.1. The van der Waals surface area contributed by atoms with Crippen molar-refractivity contribution in [1.29, 1.82) is 5.41 Å². The van der Waals surface area contributed by atoms with E-state index in [1.54, 1.807) is 6.07 Å². The third-order valence-corrected chi connectivity index (χ3v) is 3.81. The highest BCUT2D eigenvalue weighted by molar-refractivity contribution is 6.33. The lowest BCUT2D eigenvalue weighted by Crippen LogP contribution is -2.48. The normalized spacial score (nSPS) is 23.4. The molecule has 0 saturated carbocycles. The van der Waals surface area contributed by atoms with E-state index in [0.717, 1.165) is 25.3 Å². The number of benzene rings is 1. The van der Waals surface area contributed by atoms with Crippen molar-refractivity contribution in [2.45, 2.75) is 32.4 Å². The molecule has 0 bridgehead atoms. The molecule has 1 fully saturated rings. The van der Waals surface area contributed by atoms with Gasteiger partial charge >= 0.3 is 0 Å². The van der Waals surface area contributed by atoms with Gasteiger partial charge in [-0.05, 0) is 31.5 Å². The van der Waals surface area contributed by atoms with Gasteiger partial charge in [0.15, 0.2) is 0 Å². The van der Waals surface area contributed by atoms with Gasteiger partial charge in [-0.2, -0.15) is 0 Å². The number of halogens is 1. The van der Waals surface area contributed by atoms with Crippen molar-refractivity contribution in [2.75, 3.05) is 18.1 Å². The zero-order chi connectivity index (χ0) is 14.0. The number of nitrogen functional groups attached to an aromatic ring is 1. The molecule has 0 spiro atoms. The van der Waals surface area contributed by atoms with Crippen LogP contribution >= 0.6 is 11.6 Å². The minimum Gasteiger partial charge on any atom is -0.384 e. The van der Waals surface area contributed by atoms with Gasteiger partial charge < -0.3 is 15.4 Å². The van der Waals surface area contributed by atoms with E-state index in [9.17, 15) is 0 Å². The Hall–Kier alpha value is -1.26. The van der Waals surface area contributed by atoms with Crippen LogP contribution in [0.15, 0.2) is 18.2 Å². The Morgan fingerprint density at radius 1 is 1.58 bits per heavy atom. The number of rotatable bonds is 3. The molecule has 1 heterocycles. The average molecular weight is 282 g/mol. The number of nitrogens with zero attached hydrogens (tertiary/aromatic N) is 1. The minimum absolute atomic E-state index is 0.0378. The van der Waals surface area contributed by atoms with Gasteiger partial charge in [-0.25, -0.2) is 0 Å². The molecule has 19 heavy (non-hydrogen) atoms. The Bertz CT molecular complexity index is 478. The summed E-state index contributed by atoms with van der Waals surface area (Å²) in [7, 11) is 0. The summed E-state index contributed by atoms with van der Waals surface area (Å²) < 4.78 is 5.70. The Labute approximate surface area is 119 Å². The molecule has 0 aromatic heterocycles. The van der Waals surface area contributed by atoms with Crippen LogP contribution in [0.3, 0.4) is 0 Å². The van der Waals surface area contributed by atoms with Crippen LogP contribution in [0.1, 0.15) is 25.8 Å². The summed E-state index contributed by atoms with van der Waals surface area (Å²) in [5.74, 6) is 0.0378. The number of nitrogens with two attached hydrogens (primary N) is 1. The minimum atomic E-state index is 0.0378. The smallest absolute Gasteiger partial charge is 0.122 e.